The monoisotopic (exact) mass is 385 g/mol. The highest BCUT2D eigenvalue weighted by Crippen LogP contribution is 2.38. The van der Waals surface area contributed by atoms with Gasteiger partial charge in [0.1, 0.15) is 0 Å². The highest BCUT2D eigenvalue weighted by molar-refractivity contribution is 5.88. The molecule has 0 radical (unpaired) electrons. The zero-order valence-corrected chi connectivity index (χ0v) is 16.6. The number of unbranched alkanes of at least 4 members (excludes halogenated alkanes) is 3. The zero-order chi connectivity index (χ0) is 20.7. The van der Waals surface area contributed by atoms with Gasteiger partial charge in [-0.25, -0.2) is 4.79 Å². The molecule has 2 rings (SSSR count). The lowest BCUT2D eigenvalue weighted by atomic mass is 9.97. The molecule has 0 bridgehead atoms. The second kappa shape index (κ2) is 9.88. The molecule has 0 unspecified atom stereocenters. The van der Waals surface area contributed by atoms with Crippen LogP contribution in [-0.2, 0) is 0 Å². The van der Waals surface area contributed by atoms with E-state index in [4.69, 9.17) is 9.84 Å². The van der Waals surface area contributed by atoms with Gasteiger partial charge in [-0.1, -0.05) is 38.3 Å². The van der Waals surface area contributed by atoms with Gasteiger partial charge >= 0.3 is 11.7 Å². The van der Waals surface area contributed by atoms with Crippen molar-refractivity contribution in [3.63, 3.8) is 0 Å². The first-order valence-electron chi connectivity index (χ1n) is 9.63. The summed E-state index contributed by atoms with van der Waals surface area (Å²) in [5.41, 5.74) is 2.05. The number of hydrogen-bond donors (Lipinski definition) is 1. The van der Waals surface area contributed by atoms with Crippen LogP contribution in [0, 0.1) is 17.0 Å². The highest BCUT2D eigenvalue weighted by atomic mass is 16.6. The second-order valence-corrected chi connectivity index (χ2v) is 7.00. The van der Waals surface area contributed by atoms with Gasteiger partial charge in [0.05, 0.1) is 16.6 Å². The molecule has 28 heavy (non-hydrogen) atoms. The van der Waals surface area contributed by atoms with E-state index in [-0.39, 0.29) is 23.1 Å². The molecule has 1 N–H and O–H groups in total. The molecule has 2 aromatic rings. The van der Waals surface area contributed by atoms with E-state index in [2.05, 4.69) is 6.92 Å². The Labute approximate surface area is 165 Å². The largest absolute Gasteiger partial charge is 0.484 e. The lowest BCUT2D eigenvalue weighted by molar-refractivity contribution is -0.386. The van der Waals surface area contributed by atoms with Crippen molar-refractivity contribution in [2.75, 3.05) is 0 Å². The minimum absolute atomic E-state index is 0.0415. The van der Waals surface area contributed by atoms with E-state index in [1.807, 2.05) is 6.92 Å². The lowest BCUT2D eigenvalue weighted by Gasteiger charge is -2.17. The number of carbonyl (C=O) groups is 1. The Bertz CT molecular complexity index is 830. The first kappa shape index (κ1) is 21.4. The fourth-order valence-corrected chi connectivity index (χ4v) is 3.24. The van der Waals surface area contributed by atoms with E-state index in [0.29, 0.717) is 11.1 Å². The van der Waals surface area contributed by atoms with E-state index in [0.717, 1.165) is 31.2 Å². The minimum atomic E-state index is -1.01. The van der Waals surface area contributed by atoms with Crippen molar-refractivity contribution in [1.29, 1.82) is 0 Å². The van der Waals surface area contributed by atoms with Crippen LogP contribution in [0.1, 0.15) is 61.9 Å². The van der Waals surface area contributed by atoms with Gasteiger partial charge in [-0.05, 0) is 62.1 Å². The van der Waals surface area contributed by atoms with Gasteiger partial charge in [0.15, 0.2) is 5.75 Å². The maximum absolute atomic E-state index is 11.7. The molecule has 150 valence electrons. The van der Waals surface area contributed by atoms with Crippen molar-refractivity contribution in [3.8, 4) is 16.9 Å². The summed E-state index contributed by atoms with van der Waals surface area (Å²) in [6.07, 6.45) is 5.27. The molecule has 0 aliphatic rings. The summed E-state index contributed by atoms with van der Waals surface area (Å²) in [6.45, 7) is 5.78. The number of aromatic carboxylic acids is 1. The summed E-state index contributed by atoms with van der Waals surface area (Å²) in [7, 11) is 0. The SMILES string of the molecule is CCCCCC[C@@H](C)Oc1ccc(-c2ccc(C(=O)O)cc2)c(C)c1[N+](=O)[O-]. The second-order valence-electron chi connectivity index (χ2n) is 7.00. The third-order valence-electron chi connectivity index (χ3n) is 4.81. The van der Waals surface area contributed by atoms with Crippen LogP contribution < -0.4 is 4.74 Å². The van der Waals surface area contributed by atoms with Crippen molar-refractivity contribution >= 4 is 11.7 Å². The van der Waals surface area contributed by atoms with Gasteiger partial charge in [-0.2, -0.15) is 0 Å². The molecule has 6 heteroatoms. The predicted octanol–water partition coefficient (Wildman–Crippen LogP) is 6.01. The van der Waals surface area contributed by atoms with Gasteiger partial charge < -0.3 is 9.84 Å². The number of benzene rings is 2. The molecule has 1 atom stereocenters. The summed E-state index contributed by atoms with van der Waals surface area (Å²) in [6, 6.07) is 9.72. The van der Waals surface area contributed by atoms with Crippen LogP contribution in [0.25, 0.3) is 11.1 Å². The van der Waals surface area contributed by atoms with Crippen LogP contribution in [0.15, 0.2) is 36.4 Å². The molecule has 0 fully saturated rings. The van der Waals surface area contributed by atoms with Crippen LogP contribution in [0.2, 0.25) is 0 Å². The number of ether oxygens (including phenoxy) is 1. The molecule has 0 aliphatic carbocycles. The molecule has 0 amide bonds. The first-order valence-corrected chi connectivity index (χ1v) is 9.63. The molecule has 6 nitrogen and oxygen atoms in total. The van der Waals surface area contributed by atoms with Crippen molar-refractivity contribution in [3.05, 3.63) is 57.6 Å². The summed E-state index contributed by atoms with van der Waals surface area (Å²) >= 11 is 0. The van der Waals surface area contributed by atoms with Crippen LogP contribution in [-0.4, -0.2) is 22.1 Å². The molecule has 0 spiro atoms. The normalized spacial score (nSPS) is 11.8. The molecule has 0 heterocycles. The Morgan fingerprint density at radius 1 is 1.14 bits per heavy atom. The van der Waals surface area contributed by atoms with Gasteiger partial charge in [0, 0.05) is 5.56 Å². The van der Waals surface area contributed by atoms with Crippen molar-refractivity contribution in [2.24, 2.45) is 0 Å². The van der Waals surface area contributed by atoms with E-state index in [9.17, 15) is 14.9 Å². The van der Waals surface area contributed by atoms with E-state index in [1.165, 1.54) is 18.6 Å². The number of nitro benzene ring substituents is 1. The van der Waals surface area contributed by atoms with Gasteiger partial charge in [0.25, 0.3) is 0 Å². The third-order valence-corrected chi connectivity index (χ3v) is 4.81. The van der Waals surface area contributed by atoms with Crippen molar-refractivity contribution < 1.29 is 19.6 Å². The summed E-state index contributed by atoms with van der Waals surface area (Å²) in [5, 5.41) is 20.7. The zero-order valence-electron chi connectivity index (χ0n) is 16.6. The fourth-order valence-electron chi connectivity index (χ4n) is 3.24. The maximum Gasteiger partial charge on any atom is 0.335 e. The Kier molecular flexibility index (Phi) is 7.55. The van der Waals surface area contributed by atoms with Crippen LogP contribution in [0.5, 0.6) is 5.75 Å². The van der Waals surface area contributed by atoms with Crippen LogP contribution in [0.3, 0.4) is 0 Å². The predicted molar refractivity (Wildman–Crippen MR) is 109 cm³/mol. The summed E-state index contributed by atoms with van der Waals surface area (Å²) < 4.78 is 5.89. The number of carboxylic acid groups (broad SMARTS) is 1. The topological polar surface area (TPSA) is 89.7 Å². The number of nitrogens with zero attached hydrogens (tertiary/aromatic N) is 1. The van der Waals surface area contributed by atoms with E-state index in [1.54, 1.807) is 31.2 Å². The Morgan fingerprint density at radius 2 is 1.82 bits per heavy atom. The molecule has 2 aromatic carbocycles. The number of rotatable bonds is 10. The van der Waals surface area contributed by atoms with Gasteiger partial charge in [-0.3, -0.25) is 10.1 Å². The Balaban J connectivity index is 2.26. The Morgan fingerprint density at radius 3 is 2.39 bits per heavy atom. The van der Waals surface area contributed by atoms with Crippen molar-refractivity contribution in [1.82, 2.24) is 0 Å². The number of nitro groups is 1. The fraction of sp³-hybridized carbons (Fsp3) is 0.409. The highest BCUT2D eigenvalue weighted by Gasteiger charge is 2.23. The third kappa shape index (κ3) is 5.31. The molecule has 0 aromatic heterocycles. The molecular formula is C22H27NO5. The van der Waals surface area contributed by atoms with Crippen molar-refractivity contribution in [2.45, 2.75) is 59.0 Å². The minimum Gasteiger partial charge on any atom is -0.484 e. The van der Waals surface area contributed by atoms with Gasteiger partial charge in [0.2, 0.25) is 0 Å². The molecular weight excluding hydrogens is 358 g/mol. The molecule has 0 saturated heterocycles. The summed E-state index contributed by atoms with van der Waals surface area (Å²) in [5.74, 6) is -0.734. The number of carboxylic acids is 1. The maximum atomic E-state index is 11.7. The first-order chi connectivity index (χ1) is 13.3. The summed E-state index contributed by atoms with van der Waals surface area (Å²) in [4.78, 5) is 22.3. The Hall–Kier alpha value is -2.89. The van der Waals surface area contributed by atoms with Crippen LogP contribution >= 0.6 is 0 Å². The number of hydrogen-bond acceptors (Lipinski definition) is 4. The lowest BCUT2D eigenvalue weighted by Crippen LogP contribution is -2.13. The smallest absolute Gasteiger partial charge is 0.335 e. The average Bonchev–Trinajstić information content (AvgIpc) is 2.65. The molecule has 0 saturated carbocycles. The van der Waals surface area contributed by atoms with E-state index < -0.39 is 10.9 Å². The quantitative estimate of drug-likeness (QED) is 0.307. The average molecular weight is 385 g/mol. The van der Waals surface area contributed by atoms with Gasteiger partial charge in [-0.15, -0.1) is 0 Å². The van der Waals surface area contributed by atoms with E-state index >= 15 is 0 Å². The van der Waals surface area contributed by atoms with Crippen LogP contribution in [0.4, 0.5) is 5.69 Å². The standard InChI is InChI=1S/C22H27NO5/c1-4-5-6-7-8-15(2)28-20-14-13-19(16(3)21(20)23(26)27)17-9-11-18(12-10-17)22(24)25/h9-15H,4-8H2,1-3H3,(H,24,25)/t15-/m1/s1. The molecule has 0 aliphatic heterocycles.